The molecule has 0 aromatic heterocycles. The zero-order valence-corrected chi connectivity index (χ0v) is 23.7. The lowest BCUT2D eigenvalue weighted by Gasteiger charge is -2.29. The summed E-state index contributed by atoms with van der Waals surface area (Å²) in [5.74, 6) is -1.00. The van der Waals surface area contributed by atoms with Gasteiger partial charge in [0, 0.05) is 0 Å². The second kappa shape index (κ2) is 12.0. The monoisotopic (exact) mass is 578 g/mol. The van der Waals surface area contributed by atoms with E-state index in [0.717, 1.165) is 6.42 Å². The fourth-order valence-corrected chi connectivity index (χ4v) is 5.40. The quantitative estimate of drug-likeness (QED) is 0.141. The zero-order chi connectivity index (χ0) is 29.9. The van der Waals surface area contributed by atoms with Crippen LogP contribution in [0, 0.1) is 5.92 Å². The Bertz CT molecular complexity index is 1630. The summed E-state index contributed by atoms with van der Waals surface area (Å²) in [6.45, 7) is 2.59. The Morgan fingerprint density at radius 2 is 1.51 bits per heavy atom. The van der Waals surface area contributed by atoms with Crippen LogP contribution in [0.25, 0.3) is 0 Å². The molecular weight excluding hydrogens is 548 g/mol. The highest BCUT2D eigenvalue weighted by atomic mass is 16.7. The van der Waals surface area contributed by atoms with E-state index < -0.39 is 29.9 Å². The fraction of sp³-hybridized carbons (Fsp3) is 0.206. The summed E-state index contributed by atoms with van der Waals surface area (Å²) in [6.07, 6.45) is -0.165. The molecule has 218 valence electrons. The second-order valence-electron chi connectivity index (χ2n) is 10.2. The Morgan fingerprint density at radius 1 is 0.814 bits per heavy atom. The van der Waals surface area contributed by atoms with Crippen LogP contribution in [-0.2, 0) is 14.4 Å². The molecule has 4 aromatic carbocycles. The Kier molecular flexibility index (Phi) is 7.81. The predicted octanol–water partition coefficient (Wildman–Crippen LogP) is 5.75. The largest absolute Gasteiger partial charge is 0.494 e. The topological polar surface area (TPSA) is 94.6 Å². The first-order valence-electron chi connectivity index (χ1n) is 14.1. The van der Waals surface area contributed by atoms with Crippen LogP contribution >= 0.6 is 0 Å². The molecule has 2 aliphatic heterocycles. The van der Waals surface area contributed by atoms with Crippen molar-refractivity contribution in [3.63, 3.8) is 0 Å². The maximum Gasteiger partial charge on any atom is 0.343 e. The van der Waals surface area contributed by atoms with Crippen LogP contribution in [0.4, 0.5) is 11.4 Å². The molecule has 0 bridgehead atoms. The molecule has 2 aliphatic rings. The minimum absolute atomic E-state index is 0.225. The molecule has 6 rings (SSSR count). The van der Waals surface area contributed by atoms with Crippen LogP contribution < -0.4 is 24.2 Å². The third kappa shape index (κ3) is 5.30. The van der Waals surface area contributed by atoms with Crippen molar-refractivity contribution in [2.24, 2.45) is 5.92 Å². The number of carbonyl (C=O) groups excluding carboxylic acids is 3. The summed E-state index contributed by atoms with van der Waals surface area (Å²) in [5, 5.41) is 1.61. The molecule has 0 N–H and O–H groups in total. The summed E-state index contributed by atoms with van der Waals surface area (Å²) in [6, 6.07) is 29.2. The number of anilines is 2. The normalized spacial score (nSPS) is 19.3. The van der Waals surface area contributed by atoms with E-state index in [1.54, 1.807) is 71.8 Å². The van der Waals surface area contributed by atoms with Crippen LogP contribution in [0.1, 0.15) is 35.3 Å². The smallest absolute Gasteiger partial charge is 0.343 e. The lowest BCUT2D eigenvalue weighted by molar-refractivity contribution is -0.126. The maximum absolute atomic E-state index is 14.0. The van der Waals surface area contributed by atoms with Crippen molar-refractivity contribution in [1.82, 2.24) is 0 Å². The van der Waals surface area contributed by atoms with Gasteiger partial charge in [-0.2, -0.15) is 0 Å². The summed E-state index contributed by atoms with van der Waals surface area (Å²) in [5.41, 5.74) is 2.18. The average molecular weight is 579 g/mol. The van der Waals surface area contributed by atoms with Crippen molar-refractivity contribution in [3.05, 3.63) is 114 Å². The predicted molar refractivity (Wildman–Crippen MR) is 159 cm³/mol. The summed E-state index contributed by atoms with van der Waals surface area (Å²) in [7, 11) is 1.47. The van der Waals surface area contributed by atoms with E-state index in [4.69, 9.17) is 19.0 Å². The summed E-state index contributed by atoms with van der Waals surface area (Å²) in [4.78, 5) is 47.8. The van der Waals surface area contributed by atoms with Gasteiger partial charge in [0.15, 0.2) is 17.6 Å². The number of nitrogens with zero attached hydrogens (tertiary/aromatic N) is 2. The van der Waals surface area contributed by atoms with Crippen molar-refractivity contribution in [2.75, 3.05) is 23.7 Å². The van der Waals surface area contributed by atoms with Gasteiger partial charge < -0.3 is 14.2 Å². The van der Waals surface area contributed by atoms with E-state index in [-0.39, 0.29) is 11.7 Å². The molecule has 0 aliphatic carbocycles. The summed E-state index contributed by atoms with van der Waals surface area (Å²) >= 11 is 0. The van der Waals surface area contributed by atoms with E-state index in [1.165, 1.54) is 12.0 Å². The number of para-hydroxylation sites is 1. The average Bonchev–Trinajstić information content (AvgIpc) is 3.56. The molecule has 0 spiro atoms. The van der Waals surface area contributed by atoms with E-state index in [1.807, 2.05) is 43.3 Å². The summed E-state index contributed by atoms with van der Waals surface area (Å²) < 4.78 is 16.9. The van der Waals surface area contributed by atoms with Crippen LogP contribution in [0.3, 0.4) is 0 Å². The highest BCUT2D eigenvalue weighted by Gasteiger charge is 2.60. The molecule has 2 amide bonds. The third-order valence-corrected chi connectivity index (χ3v) is 7.44. The van der Waals surface area contributed by atoms with E-state index in [2.05, 4.69) is 0 Å². The first-order valence-corrected chi connectivity index (χ1v) is 14.1. The number of benzene rings is 4. The van der Waals surface area contributed by atoms with E-state index >= 15 is 0 Å². The molecule has 2 heterocycles. The molecule has 9 heteroatoms. The second-order valence-corrected chi connectivity index (χ2v) is 10.2. The number of methoxy groups -OCH3 is 1. The molecule has 0 radical (unpaired) electrons. The fourth-order valence-electron chi connectivity index (χ4n) is 5.40. The molecule has 0 saturated carbocycles. The molecule has 0 unspecified atom stereocenters. The number of esters is 1. The van der Waals surface area contributed by atoms with Crippen molar-refractivity contribution in [3.8, 4) is 17.2 Å². The van der Waals surface area contributed by atoms with Gasteiger partial charge in [0.25, 0.3) is 5.91 Å². The van der Waals surface area contributed by atoms with Gasteiger partial charge in [0.2, 0.25) is 5.91 Å². The Hall–Kier alpha value is -5.15. The van der Waals surface area contributed by atoms with Crippen LogP contribution in [0.2, 0.25) is 0 Å². The van der Waals surface area contributed by atoms with Crippen molar-refractivity contribution in [2.45, 2.75) is 25.5 Å². The number of hydrogen-bond acceptors (Lipinski definition) is 8. The highest BCUT2D eigenvalue weighted by molar-refractivity contribution is 6.24. The highest BCUT2D eigenvalue weighted by Crippen LogP contribution is 2.48. The number of hydrogen-bond donors (Lipinski definition) is 0. The SMILES string of the molecule is CCCOc1ccc(N2C(=O)[C@@H]3[C@H](ON(c4ccccc4)[C@H]3c3ccc(OC(=O)c4ccccc4)c(OC)c3)C2=O)cc1. The molecule has 43 heavy (non-hydrogen) atoms. The van der Waals surface area contributed by atoms with Crippen LogP contribution in [0.5, 0.6) is 17.2 Å². The van der Waals surface area contributed by atoms with Gasteiger partial charge in [0.05, 0.1) is 36.7 Å². The molecule has 2 saturated heterocycles. The molecule has 2 fully saturated rings. The Morgan fingerprint density at radius 3 is 2.19 bits per heavy atom. The molecule has 3 atom stereocenters. The van der Waals surface area contributed by atoms with Gasteiger partial charge in [0.1, 0.15) is 11.7 Å². The minimum atomic E-state index is -1.03. The number of ether oxygens (including phenoxy) is 3. The lowest BCUT2D eigenvalue weighted by atomic mass is 9.90. The molecule has 4 aromatic rings. The standard InChI is InChI=1S/C34H30N2O7/c1-3-20-41-26-17-15-24(16-18-26)35-32(37)29-30(36(43-31(29)33(35)38)25-12-8-5-9-13-25)23-14-19-27(28(21-23)40-2)42-34(39)22-10-6-4-7-11-22/h4-19,21,29-31H,3,20H2,1-2H3/t29-,30-,31-/m0/s1. The van der Waals surface area contributed by atoms with E-state index in [0.29, 0.717) is 40.6 Å². The maximum atomic E-state index is 14.0. The molecular formula is C34H30N2O7. The van der Waals surface area contributed by atoms with Crippen molar-refractivity contribution in [1.29, 1.82) is 0 Å². The number of imide groups is 1. The van der Waals surface area contributed by atoms with Gasteiger partial charge in [-0.05, 0) is 72.6 Å². The zero-order valence-electron chi connectivity index (χ0n) is 23.7. The number of hydroxylamine groups is 1. The van der Waals surface area contributed by atoms with Crippen LogP contribution in [0.15, 0.2) is 103 Å². The minimum Gasteiger partial charge on any atom is -0.494 e. The number of amides is 2. The third-order valence-electron chi connectivity index (χ3n) is 7.44. The van der Waals surface area contributed by atoms with Gasteiger partial charge in [-0.15, -0.1) is 0 Å². The van der Waals surface area contributed by atoms with Crippen LogP contribution in [-0.4, -0.2) is 37.6 Å². The Balaban J connectivity index is 1.34. The van der Waals surface area contributed by atoms with Gasteiger partial charge >= 0.3 is 5.97 Å². The van der Waals surface area contributed by atoms with Gasteiger partial charge in [-0.25, -0.2) is 14.8 Å². The molecule has 9 nitrogen and oxygen atoms in total. The van der Waals surface area contributed by atoms with Crippen molar-refractivity contribution >= 4 is 29.2 Å². The lowest BCUT2D eigenvalue weighted by Crippen LogP contribution is -2.37. The number of carbonyl (C=O) groups is 3. The Labute approximate surface area is 249 Å². The van der Waals surface area contributed by atoms with Gasteiger partial charge in [-0.1, -0.05) is 49.4 Å². The first-order chi connectivity index (χ1) is 21.0. The number of fused-ring (bicyclic) bond motifs is 1. The van der Waals surface area contributed by atoms with Gasteiger partial charge in [-0.3, -0.25) is 14.4 Å². The number of rotatable bonds is 9. The first kappa shape index (κ1) is 28.0. The van der Waals surface area contributed by atoms with Crippen molar-refractivity contribution < 1.29 is 33.4 Å². The van der Waals surface area contributed by atoms with E-state index in [9.17, 15) is 14.4 Å².